The summed E-state index contributed by atoms with van der Waals surface area (Å²) in [6.07, 6.45) is 3.29. The van der Waals surface area contributed by atoms with Crippen molar-refractivity contribution in [2.45, 2.75) is 63.6 Å². The van der Waals surface area contributed by atoms with E-state index in [-0.39, 0.29) is 30.0 Å². The zero-order valence-corrected chi connectivity index (χ0v) is 20.3. The van der Waals surface area contributed by atoms with Gasteiger partial charge in [-0.25, -0.2) is 0 Å². The molecule has 2 aromatic heterocycles. The van der Waals surface area contributed by atoms with Gasteiger partial charge in [-0.3, -0.25) is 9.59 Å². The van der Waals surface area contributed by atoms with Crippen LogP contribution in [-0.2, 0) is 4.79 Å². The molecule has 0 spiro atoms. The normalized spacial score (nSPS) is 19.5. The number of benzene rings is 2. The number of aliphatic hydroxyl groups excluding tert-OH is 1. The van der Waals surface area contributed by atoms with Gasteiger partial charge < -0.3 is 19.5 Å². The van der Waals surface area contributed by atoms with Crippen LogP contribution in [0.15, 0.2) is 57.8 Å². The van der Waals surface area contributed by atoms with Gasteiger partial charge >= 0.3 is 0 Å². The Morgan fingerprint density at radius 1 is 1.17 bits per heavy atom. The molecule has 1 amide bonds. The first-order valence-electron chi connectivity index (χ1n) is 12.0. The average Bonchev–Trinajstić information content (AvgIpc) is 3.08. The number of carbonyl (C=O) groups is 1. The summed E-state index contributed by atoms with van der Waals surface area (Å²) in [5, 5.41) is 19.4. The molecular weight excluding hydrogens is 466 g/mol. The SMILES string of the molecule is Cc1onc2c1c(=O)n(C1CCCCC(NC(=O)CC(O)c3ccccc3)C1)c1cccc(Cl)c21. The van der Waals surface area contributed by atoms with Gasteiger partial charge in [0.25, 0.3) is 5.56 Å². The molecule has 8 heteroatoms. The predicted molar refractivity (Wildman–Crippen MR) is 136 cm³/mol. The molecule has 1 aliphatic carbocycles. The maximum atomic E-state index is 13.7. The smallest absolute Gasteiger partial charge is 0.264 e. The second-order valence-corrected chi connectivity index (χ2v) is 9.75. The van der Waals surface area contributed by atoms with Crippen molar-refractivity contribution in [1.29, 1.82) is 0 Å². The number of hydrogen-bond donors (Lipinski definition) is 2. The Kier molecular flexibility index (Phi) is 6.62. The Morgan fingerprint density at radius 3 is 2.74 bits per heavy atom. The number of nitrogens with zero attached hydrogens (tertiary/aromatic N) is 2. The van der Waals surface area contributed by atoms with Gasteiger partial charge in [-0.15, -0.1) is 0 Å². The van der Waals surface area contributed by atoms with Crippen molar-refractivity contribution in [3.63, 3.8) is 0 Å². The third kappa shape index (κ3) is 4.58. The quantitative estimate of drug-likeness (QED) is 0.371. The summed E-state index contributed by atoms with van der Waals surface area (Å²) in [6.45, 7) is 1.73. The van der Waals surface area contributed by atoms with Crippen molar-refractivity contribution in [1.82, 2.24) is 15.0 Å². The Morgan fingerprint density at radius 2 is 1.94 bits per heavy atom. The van der Waals surface area contributed by atoms with Gasteiger partial charge in [0.1, 0.15) is 16.7 Å². The van der Waals surface area contributed by atoms with Gasteiger partial charge in [0.05, 0.1) is 23.1 Å². The number of carbonyl (C=O) groups excluding carboxylic acids is 1. The molecule has 1 fully saturated rings. The molecule has 7 nitrogen and oxygen atoms in total. The number of fused-ring (bicyclic) bond motifs is 3. The minimum Gasteiger partial charge on any atom is -0.388 e. The van der Waals surface area contributed by atoms with E-state index >= 15 is 0 Å². The van der Waals surface area contributed by atoms with Gasteiger partial charge in [0, 0.05) is 17.5 Å². The molecule has 4 aromatic rings. The van der Waals surface area contributed by atoms with Gasteiger partial charge in [0.2, 0.25) is 5.91 Å². The van der Waals surface area contributed by atoms with Crippen molar-refractivity contribution in [3.8, 4) is 0 Å². The minimum atomic E-state index is -0.856. The lowest BCUT2D eigenvalue weighted by atomic mass is 10.0. The first kappa shape index (κ1) is 23.6. The summed E-state index contributed by atoms with van der Waals surface area (Å²) in [7, 11) is 0. The monoisotopic (exact) mass is 493 g/mol. The Bertz CT molecular complexity index is 1430. The fraction of sp³-hybridized carbons (Fsp3) is 0.370. The van der Waals surface area contributed by atoms with E-state index in [1.165, 1.54) is 0 Å². The highest BCUT2D eigenvalue weighted by Gasteiger charge is 2.28. The van der Waals surface area contributed by atoms with Crippen molar-refractivity contribution < 1.29 is 14.4 Å². The molecule has 3 atom stereocenters. The van der Waals surface area contributed by atoms with E-state index in [2.05, 4.69) is 10.5 Å². The number of halogens is 1. The molecule has 0 aliphatic heterocycles. The second-order valence-electron chi connectivity index (χ2n) is 9.34. The molecule has 35 heavy (non-hydrogen) atoms. The fourth-order valence-corrected chi connectivity index (χ4v) is 5.55. The van der Waals surface area contributed by atoms with Gasteiger partial charge in [-0.2, -0.15) is 0 Å². The van der Waals surface area contributed by atoms with Crippen molar-refractivity contribution in [2.24, 2.45) is 0 Å². The highest BCUT2D eigenvalue weighted by atomic mass is 35.5. The minimum absolute atomic E-state index is 0.00445. The van der Waals surface area contributed by atoms with Gasteiger partial charge in [-0.05, 0) is 43.9 Å². The van der Waals surface area contributed by atoms with E-state index in [9.17, 15) is 14.7 Å². The summed E-state index contributed by atoms with van der Waals surface area (Å²) in [6, 6.07) is 14.5. The number of aliphatic hydroxyl groups is 1. The number of nitrogens with one attached hydrogen (secondary N) is 1. The highest BCUT2D eigenvalue weighted by Crippen LogP contribution is 2.35. The predicted octanol–water partition coefficient (Wildman–Crippen LogP) is 5.22. The summed E-state index contributed by atoms with van der Waals surface area (Å²) in [4.78, 5) is 26.5. The molecule has 5 rings (SSSR count). The van der Waals surface area contributed by atoms with Crippen molar-refractivity contribution in [2.75, 3.05) is 0 Å². The van der Waals surface area contributed by atoms with Crippen LogP contribution in [0.25, 0.3) is 21.8 Å². The van der Waals surface area contributed by atoms with Gasteiger partial charge in [-0.1, -0.05) is 66.0 Å². The molecule has 0 radical (unpaired) electrons. The van der Waals surface area contributed by atoms with E-state index in [1.54, 1.807) is 13.0 Å². The zero-order chi connectivity index (χ0) is 24.5. The number of hydrogen-bond acceptors (Lipinski definition) is 5. The lowest BCUT2D eigenvalue weighted by Gasteiger charge is -2.25. The van der Waals surface area contributed by atoms with Crippen LogP contribution >= 0.6 is 11.6 Å². The Balaban J connectivity index is 1.44. The molecule has 1 aliphatic rings. The van der Waals surface area contributed by atoms with Crippen LogP contribution in [0.5, 0.6) is 0 Å². The molecule has 182 valence electrons. The van der Waals surface area contributed by atoms with E-state index in [0.717, 1.165) is 31.2 Å². The summed E-state index contributed by atoms with van der Waals surface area (Å²) in [5.74, 6) is 0.270. The van der Waals surface area contributed by atoms with Crippen LogP contribution in [0, 0.1) is 6.92 Å². The van der Waals surface area contributed by atoms with Crippen molar-refractivity contribution in [3.05, 3.63) is 75.2 Å². The van der Waals surface area contributed by atoms with Crippen LogP contribution in [0.1, 0.15) is 62.0 Å². The summed E-state index contributed by atoms with van der Waals surface area (Å²) in [5.41, 5.74) is 1.77. The van der Waals surface area contributed by atoms with Crippen LogP contribution in [0.4, 0.5) is 0 Å². The fourth-order valence-electron chi connectivity index (χ4n) is 5.29. The summed E-state index contributed by atoms with van der Waals surface area (Å²) < 4.78 is 7.19. The van der Waals surface area contributed by atoms with Crippen LogP contribution < -0.4 is 10.9 Å². The van der Waals surface area contributed by atoms with E-state index < -0.39 is 6.10 Å². The lowest BCUT2D eigenvalue weighted by molar-refractivity contribution is -0.123. The number of aryl methyl sites for hydroxylation is 1. The Hall–Kier alpha value is -3.16. The third-order valence-corrected chi connectivity index (χ3v) is 7.29. The lowest BCUT2D eigenvalue weighted by Crippen LogP contribution is -2.37. The first-order valence-corrected chi connectivity index (χ1v) is 12.4. The van der Waals surface area contributed by atoms with E-state index in [4.69, 9.17) is 16.1 Å². The molecule has 0 bridgehead atoms. The molecule has 2 aromatic carbocycles. The number of aromatic nitrogens is 2. The zero-order valence-electron chi connectivity index (χ0n) is 19.5. The van der Waals surface area contributed by atoms with Crippen molar-refractivity contribution >= 4 is 39.3 Å². The number of rotatable bonds is 5. The molecular formula is C27H28ClN3O4. The third-order valence-electron chi connectivity index (χ3n) is 6.97. The van der Waals surface area contributed by atoms with Gasteiger partial charge in [0.15, 0.2) is 0 Å². The highest BCUT2D eigenvalue weighted by molar-refractivity contribution is 6.37. The standard InChI is InChI=1S/C27H28ClN3O4/c1-16-24-26(30-35-16)25-20(28)12-7-13-21(25)31(27(24)34)19-11-6-5-10-18(14-19)29-23(33)15-22(32)17-8-3-2-4-9-17/h2-4,7-9,12-13,18-19,22,32H,5-6,10-11,14-15H2,1H3,(H,29,33). The first-order chi connectivity index (χ1) is 16.9. The van der Waals surface area contributed by atoms with Crippen LogP contribution in [0.2, 0.25) is 5.02 Å². The number of amides is 1. The van der Waals surface area contributed by atoms with Crippen LogP contribution in [0.3, 0.4) is 0 Å². The molecule has 2 N–H and O–H groups in total. The molecule has 0 saturated heterocycles. The second kappa shape index (κ2) is 9.84. The largest absolute Gasteiger partial charge is 0.388 e. The molecule has 3 unspecified atom stereocenters. The maximum absolute atomic E-state index is 13.7. The Labute approximate surface area is 207 Å². The maximum Gasteiger partial charge on any atom is 0.264 e. The number of pyridine rings is 1. The van der Waals surface area contributed by atoms with E-state index in [1.807, 2.05) is 47.0 Å². The average molecular weight is 494 g/mol. The topological polar surface area (TPSA) is 97.4 Å². The van der Waals surface area contributed by atoms with E-state index in [0.29, 0.717) is 39.1 Å². The molecule has 2 heterocycles. The van der Waals surface area contributed by atoms with Crippen LogP contribution in [-0.4, -0.2) is 26.8 Å². The summed E-state index contributed by atoms with van der Waals surface area (Å²) >= 11 is 6.56. The molecule has 1 saturated carbocycles.